The fourth-order valence-corrected chi connectivity index (χ4v) is 2.20. The molecule has 0 fully saturated rings. The third-order valence-corrected chi connectivity index (χ3v) is 3.34. The molecular weight excluding hydrogens is 282 g/mol. The minimum atomic E-state index is -0.477. The lowest BCUT2D eigenvalue weighted by Crippen LogP contribution is -2.17. The van der Waals surface area contributed by atoms with Crippen LogP contribution in [0.2, 0.25) is 0 Å². The summed E-state index contributed by atoms with van der Waals surface area (Å²) in [4.78, 5) is 17.0. The Balaban J connectivity index is 1.80. The summed E-state index contributed by atoms with van der Waals surface area (Å²) < 4.78 is 10.8. The zero-order valence-electron chi connectivity index (χ0n) is 12.1. The lowest BCUT2D eigenvalue weighted by atomic mass is 10.0. The van der Waals surface area contributed by atoms with Gasteiger partial charge in [0.2, 0.25) is 0 Å². The van der Waals surface area contributed by atoms with Gasteiger partial charge in [-0.05, 0) is 24.3 Å². The highest BCUT2D eigenvalue weighted by Gasteiger charge is 2.19. The first-order chi connectivity index (χ1) is 10.8. The van der Waals surface area contributed by atoms with Gasteiger partial charge in [0.05, 0.1) is 25.0 Å². The topological polar surface area (TPSA) is 57.1 Å². The van der Waals surface area contributed by atoms with Gasteiger partial charge in [-0.15, -0.1) is 0 Å². The van der Waals surface area contributed by atoms with Gasteiger partial charge < -0.3 is 14.3 Å². The maximum Gasteiger partial charge on any atom is 0.365 e. The Kier molecular flexibility index (Phi) is 4.05. The quantitative estimate of drug-likeness (QED) is 0.645. The van der Waals surface area contributed by atoms with Crippen LogP contribution >= 0.6 is 0 Å². The highest BCUT2D eigenvalue weighted by Crippen LogP contribution is 2.29. The van der Waals surface area contributed by atoms with Crippen molar-refractivity contribution in [2.24, 2.45) is 5.16 Å². The van der Waals surface area contributed by atoms with E-state index in [0.29, 0.717) is 35.8 Å². The Labute approximate surface area is 128 Å². The second-order valence-electron chi connectivity index (χ2n) is 4.74. The molecule has 3 rings (SSSR count). The Morgan fingerprint density at radius 3 is 2.77 bits per heavy atom. The maximum atomic E-state index is 11.9. The molecule has 0 saturated heterocycles. The number of ether oxygens (including phenoxy) is 2. The van der Waals surface area contributed by atoms with Crippen LogP contribution in [0.15, 0.2) is 53.7 Å². The summed E-state index contributed by atoms with van der Waals surface area (Å²) in [6.45, 7) is 0.488. The Morgan fingerprint density at radius 1 is 1.18 bits per heavy atom. The van der Waals surface area contributed by atoms with E-state index in [9.17, 15) is 4.79 Å². The standard InChI is InChI=1S/C17H15NO4/c1-20-13-7-8-14-15(9-10-21-16(14)11-13)18-22-17(19)12-5-3-2-4-6-12/h2-8,11H,9-10H2,1H3. The zero-order chi connectivity index (χ0) is 15.4. The van der Waals surface area contributed by atoms with E-state index in [2.05, 4.69) is 5.16 Å². The molecule has 0 aliphatic carbocycles. The van der Waals surface area contributed by atoms with Crippen LogP contribution in [0.5, 0.6) is 11.5 Å². The molecule has 22 heavy (non-hydrogen) atoms. The largest absolute Gasteiger partial charge is 0.497 e. The van der Waals surface area contributed by atoms with Gasteiger partial charge in [-0.2, -0.15) is 0 Å². The summed E-state index contributed by atoms with van der Waals surface area (Å²) in [5.41, 5.74) is 1.97. The number of fused-ring (bicyclic) bond motifs is 1. The van der Waals surface area contributed by atoms with E-state index >= 15 is 0 Å². The molecular formula is C17H15NO4. The number of hydrogen-bond acceptors (Lipinski definition) is 5. The molecule has 0 saturated carbocycles. The zero-order valence-corrected chi connectivity index (χ0v) is 12.1. The highest BCUT2D eigenvalue weighted by molar-refractivity contribution is 6.04. The minimum Gasteiger partial charge on any atom is -0.497 e. The molecule has 0 radical (unpaired) electrons. The van der Waals surface area contributed by atoms with Gasteiger partial charge in [0.25, 0.3) is 0 Å². The number of benzene rings is 2. The lowest BCUT2D eigenvalue weighted by molar-refractivity contribution is 0.0514. The summed E-state index contributed by atoms with van der Waals surface area (Å²) in [5.74, 6) is 0.913. The van der Waals surface area contributed by atoms with Crippen molar-refractivity contribution in [2.45, 2.75) is 6.42 Å². The van der Waals surface area contributed by atoms with Crippen molar-refractivity contribution in [1.82, 2.24) is 0 Å². The molecule has 2 aromatic carbocycles. The van der Waals surface area contributed by atoms with Gasteiger partial charge in [0.15, 0.2) is 0 Å². The Hall–Kier alpha value is -2.82. The molecule has 1 aliphatic rings. The number of carbonyl (C=O) groups is 1. The number of rotatable bonds is 3. The van der Waals surface area contributed by atoms with Gasteiger partial charge >= 0.3 is 5.97 Å². The highest BCUT2D eigenvalue weighted by atomic mass is 16.7. The third-order valence-electron chi connectivity index (χ3n) is 3.34. The number of oxime groups is 1. The van der Waals surface area contributed by atoms with Crippen LogP contribution in [-0.2, 0) is 4.84 Å². The van der Waals surface area contributed by atoms with Crippen molar-refractivity contribution in [1.29, 1.82) is 0 Å². The first kappa shape index (κ1) is 14.1. The predicted octanol–water partition coefficient (Wildman–Crippen LogP) is 3.04. The summed E-state index contributed by atoms with van der Waals surface area (Å²) in [6, 6.07) is 14.2. The van der Waals surface area contributed by atoms with Crippen LogP contribution in [0, 0.1) is 0 Å². The molecule has 0 N–H and O–H groups in total. The van der Waals surface area contributed by atoms with Crippen molar-refractivity contribution >= 4 is 11.7 Å². The van der Waals surface area contributed by atoms with E-state index < -0.39 is 5.97 Å². The Bertz CT molecular complexity index is 710. The van der Waals surface area contributed by atoms with Gasteiger partial charge in [0, 0.05) is 18.1 Å². The monoisotopic (exact) mass is 297 g/mol. The second kappa shape index (κ2) is 6.30. The van der Waals surface area contributed by atoms with Gasteiger partial charge in [-0.3, -0.25) is 0 Å². The van der Waals surface area contributed by atoms with Crippen LogP contribution in [0.4, 0.5) is 0 Å². The number of hydrogen-bond donors (Lipinski definition) is 0. The van der Waals surface area contributed by atoms with Crippen molar-refractivity contribution < 1.29 is 19.1 Å². The van der Waals surface area contributed by atoms with Crippen molar-refractivity contribution in [3.8, 4) is 11.5 Å². The van der Waals surface area contributed by atoms with E-state index in [-0.39, 0.29) is 0 Å². The van der Waals surface area contributed by atoms with Crippen LogP contribution < -0.4 is 9.47 Å². The van der Waals surface area contributed by atoms with Crippen LogP contribution in [0.3, 0.4) is 0 Å². The SMILES string of the molecule is COc1ccc2c(c1)OCCC2=NOC(=O)c1ccccc1. The van der Waals surface area contributed by atoms with E-state index in [1.165, 1.54) is 0 Å². The average molecular weight is 297 g/mol. The van der Waals surface area contributed by atoms with Gasteiger partial charge in [0.1, 0.15) is 11.5 Å². The average Bonchev–Trinajstić information content (AvgIpc) is 2.59. The fraction of sp³-hybridized carbons (Fsp3) is 0.176. The molecule has 0 amide bonds. The summed E-state index contributed by atoms with van der Waals surface area (Å²) >= 11 is 0. The molecule has 0 unspecified atom stereocenters. The molecule has 0 atom stereocenters. The van der Waals surface area contributed by atoms with E-state index in [1.807, 2.05) is 18.2 Å². The van der Waals surface area contributed by atoms with Crippen molar-refractivity contribution in [2.75, 3.05) is 13.7 Å². The van der Waals surface area contributed by atoms with Gasteiger partial charge in [-0.1, -0.05) is 23.4 Å². The number of carbonyl (C=O) groups excluding carboxylic acids is 1. The smallest absolute Gasteiger partial charge is 0.365 e. The summed E-state index contributed by atoms with van der Waals surface area (Å²) in [6.07, 6.45) is 0.585. The molecule has 5 nitrogen and oxygen atoms in total. The number of nitrogens with zero attached hydrogens (tertiary/aromatic N) is 1. The summed E-state index contributed by atoms with van der Waals surface area (Å²) in [5, 5.41) is 4.00. The minimum absolute atomic E-state index is 0.467. The molecule has 112 valence electrons. The first-order valence-electron chi connectivity index (χ1n) is 6.92. The van der Waals surface area contributed by atoms with E-state index in [4.69, 9.17) is 14.3 Å². The Morgan fingerprint density at radius 2 is 2.00 bits per heavy atom. The first-order valence-corrected chi connectivity index (χ1v) is 6.92. The molecule has 0 spiro atoms. The van der Waals surface area contributed by atoms with E-state index in [0.717, 1.165) is 5.56 Å². The van der Waals surface area contributed by atoms with Crippen molar-refractivity contribution in [3.63, 3.8) is 0 Å². The third kappa shape index (κ3) is 2.93. The van der Waals surface area contributed by atoms with E-state index in [1.54, 1.807) is 37.4 Å². The van der Waals surface area contributed by atoms with Crippen molar-refractivity contribution in [3.05, 3.63) is 59.7 Å². The van der Waals surface area contributed by atoms with Crippen LogP contribution in [0.25, 0.3) is 0 Å². The molecule has 2 aromatic rings. The molecule has 1 aliphatic heterocycles. The molecule has 0 bridgehead atoms. The molecule has 1 heterocycles. The number of methoxy groups -OCH3 is 1. The van der Waals surface area contributed by atoms with Crippen LogP contribution in [0.1, 0.15) is 22.3 Å². The van der Waals surface area contributed by atoms with Gasteiger partial charge in [-0.25, -0.2) is 4.79 Å². The normalized spacial score (nSPS) is 14.9. The summed E-state index contributed by atoms with van der Waals surface area (Å²) in [7, 11) is 1.60. The lowest BCUT2D eigenvalue weighted by Gasteiger charge is -2.19. The predicted molar refractivity (Wildman–Crippen MR) is 81.5 cm³/mol. The second-order valence-corrected chi connectivity index (χ2v) is 4.74. The fourth-order valence-electron chi connectivity index (χ4n) is 2.20. The maximum absolute atomic E-state index is 11.9. The molecule has 5 heteroatoms. The van der Waals surface area contributed by atoms with Crippen LogP contribution in [-0.4, -0.2) is 25.4 Å². The molecule has 0 aromatic heterocycles.